The maximum atomic E-state index is 12.5. The molecule has 0 atom stereocenters. The van der Waals surface area contributed by atoms with Crippen molar-refractivity contribution < 1.29 is 4.79 Å². The molecule has 1 amide bonds. The lowest BCUT2D eigenvalue weighted by molar-refractivity contribution is 0.102. The zero-order valence-electron chi connectivity index (χ0n) is 19.0. The lowest BCUT2D eigenvalue weighted by Gasteiger charge is -2.32. The average molecular weight is 472 g/mol. The van der Waals surface area contributed by atoms with E-state index in [4.69, 9.17) is 9.97 Å². The second-order valence-corrected chi connectivity index (χ2v) is 9.21. The van der Waals surface area contributed by atoms with Crippen molar-refractivity contribution in [3.8, 4) is 0 Å². The highest BCUT2D eigenvalue weighted by Gasteiger charge is 2.18. The molecular formula is C25H25N7OS. The van der Waals surface area contributed by atoms with Crippen LogP contribution in [0.5, 0.6) is 0 Å². The zero-order chi connectivity index (χ0) is 23.5. The van der Waals surface area contributed by atoms with E-state index >= 15 is 0 Å². The molecule has 172 valence electrons. The Bertz CT molecular complexity index is 1320. The predicted molar refractivity (Wildman–Crippen MR) is 135 cm³/mol. The van der Waals surface area contributed by atoms with Crippen molar-refractivity contribution in [2.45, 2.75) is 30.3 Å². The Hall–Kier alpha value is -3.85. The second kappa shape index (κ2) is 9.56. The molecular weight excluding hydrogens is 446 g/mol. The number of carbonyl (C=O) groups is 1. The number of rotatable bonds is 7. The summed E-state index contributed by atoms with van der Waals surface area (Å²) in [6.45, 7) is 5.88. The number of aromatic nitrogens is 4. The molecule has 34 heavy (non-hydrogen) atoms. The van der Waals surface area contributed by atoms with Gasteiger partial charge in [-0.2, -0.15) is 0 Å². The Labute approximate surface area is 202 Å². The number of H-pyrrole nitrogens is 1. The molecule has 9 heteroatoms. The molecule has 8 nitrogen and oxygen atoms in total. The fourth-order valence-electron chi connectivity index (χ4n) is 3.58. The van der Waals surface area contributed by atoms with Crippen LogP contribution in [0.3, 0.4) is 0 Å². The minimum Gasteiger partial charge on any atom is -0.356 e. The normalized spacial score (nSPS) is 12.8. The van der Waals surface area contributed by atoms with Crippen LogP contribution in [0.1, 0.15) is 28.0 Å². The number of aryl methyl sites for hydroxylation is 2. The Morgan fingerprint density at radius 3 is 2.59 bits per heavy atom. The minimum atomic E-state index is -0.174. The van der Waals surface area contributed by atoms with Gasteiger partial charge in [0.2, 0.25) is 0 Å². The fraction of sp³-hybridized carbons (Fsp3) is 0.200. The van der Waals surface area contributed by atoms with E-state index < -0.39 is 0 Å². The largest absolute Gasteiger partial charge is 0.356 e. The quantitative estimate of drug-likeness (QED) is 0.320. The maximum Gasteiger partial charge on any atom is 0.257 e. The molecule has 0 unspecified atom stereocenters. The van der Waals surface area contributed by atoms with E-state index in [0.29, 0.717) is 16.4 Å². The molecule has 5 rings (SSSR count). The predicted octanol–water partition coefficient (Wildman–Crippen LogP) is 5.17. The highest BCUT2D eigenvalue weighted by atomic mass is 32.2. The Balaban J connectivity index is 1.31. The van der Waals surface area contributed by atoms with E-state index in [1.807, 2.05) is 56.4 Å². The van der Waals surface area contributed by atoms with Crippen molar-refractivity contribution >= 4 is 40.8 Å². The molecule has 1 aliphatic rings. The van der Waals surface area contributed by atoms with Crippen molar-refractivity contribution in [2.24, 2.45) is 0 Å². The van der Waals surface area contributed by atoms with E-state index in [1.165, 1.54) is 18.2 Å². The van der Waals surface area contributed by atoms with Crippen LogP contribution in [0.2, 0.25) is 0 Å². The molecule has 1 aromatic carbocycles. The van der Waals surface area contributed by atoms with Crippen LogP contribution in [-0.2, 0) is 0 Å². The molecule has 1 aliphatic heterocycles. The van der Waals surface area contributed by atoms with E-state index in [-0.39, 0.29) is 5.91 Å². The van der Waals surface area contributed by atoms with Gasteiger partial charge in [-0.25, -0.2) is 9.97 Å². The number of benzene rings is 1. The first-order chi connectivity index (χ1) is 16.5. The van der Waals surface area contributed by atoms with E-state index in [1.54, 1.807) is 18.3 Å². The summed E-state index contributed by atoms with van der Waals surface area (Å²) in [5.41, 5.74) is 3.14. The highest BCUT2D eigenvalue weighted by Crippen LogP contribution is 2.31. The third kappa shape index (κ3) is 5.04. The molecule has 3 N–H and O–H groups in total. The summed E-state index contributed by atoms with van der Waals surface area (Å²) in [4.78, 5) is 32.6. The van der Waals surface area contributed by atoms with Crippen molar-refractivity contribution in [1.82, 2.24) is 19.9 Å². The first-order valence-electron chi connectivity index (χ1n) is 11.1. The Kier molecular flexibility index (Phi) is 6.18. The van der Waals surface area contributed by atoms with Crippen LogP contribution in [0, 0.1) is 13.8 Å². The van der Waals surface area contributed by atoms with E-state index in [9.17, 15) is 4.79 Å². The number of nitrogens with one attached hydrogen (secondary N) is 3. The summed E-state index contributed by atoms with van der Waals surface area (Å²) >= 11 is 1.49. The van der Waals surface area contributed by atoms with Crippen LogP contribution in [0.4, 0.5) is 23.1 Å². The number of carbonyl (C=O) groups excluding carboxylic acids is 1. The van der Waals surface area contributed by atoms with Crippen LogP contribution in [0.15, 0.2) is 71.0 Å². The molecule has 4 aromatic rings. The molecule has 3 aromatic heterocycles. The number of nitrogens with zero attached hydrogens (tertiary/aromatic N) is 4. The Morgan fingerprint density at radius 1 is 1.09 bits per heavy atom. The molecule has 0 saturated carbocycles. The Morgan fingerprint density at radius 2 is 1.91 bits per heavy atom. The summed E-state index contributed by atoms with van der Waals surface area (Å²) in [5, 5.41) is 6.94. The van der Waals surface area contributed by atoms with Crippen molar-refractivity contribution in [2.75, 3.05) is 28.6 Å². The number of amides is 1. The molecule has 0 radical (unpaired) electrons. The van der Waals surface area contributed by atoms with Crippen LogP contribution in [-0.4, -0.2) is 38.9 Å². The zero-order valence-corrected chi connectivity index (χ0v) is 19.8. The molecule has 0 spiro atoms. The number of anilines is 4. The topological polar surface area (TPSA) is 98.8 Å². The van der Waals surface area contributed by atoms with Crippen molar-refractivity contribution in [3.05, 3.63) is 77.7 Å². The molecule has 1 saturated heterocycles. The monoisotopic (exact) mass is 471 g/mol. The molecule has 1 fully saturated rings. The minimum absolute atomic E-state index is 0.174. The summed E-state index contributed by atoms with van der Waals surface area (Å²) in [5.74, 6) is 2.39. The third-order valence-electron chi connectivity index (χ3n) is 5.54. The third-order valence-corrected chi connectivity index (χ3v) is 6.41. The first kappa shape index (κ1) is 22.0. The van der Waals surface area contributed by atoms with Crippen LogP contribution >= 0.6 is 11.8 Å². The number of hydrogen-bond donors (Lipinski definition) is 3. The van der Waals surface area contributed by atoms with Crippen molar-refractivity contribution in [1.29, 1.82) is 0 Å². The first-order valence-corrected chi connectivity index (χ1v) is 11.9. The van der Waals surface area contributed by atoms with Crippen molar-refractivity contribution in [3.63, 3.8) is 0 Å². The van der Waals surface area contributed by atoms with Gasteiger partial charge in [0.25, 0.3) is 5.91 Å². The SMILES string of the molecule is Cc1c[nH]c(Nc2cc(N3CCC3)nc(Sc3ccc(NC(=O)c4cccnc4C)cc3)n2)c1. The van der Waals surface area contributed by atoms with Gasteiger partial charge in [0.05, 0.1) is 5.56 Å². The standard InChI is InChI=1S/C25H25N7OS/c1-16-13-21(27-15-16)29-22-14-23(32-11-4-12-32)31-25(30-22)34-19-8-6-18(7-9-19)28-24(33)20-5-3-10-26-17(20)2/h3,5-10,13-15,27H,4,11-12H2,1-2H3,(H,28,33)(H,29,30,31). The summed E-state index contributed by atoms with van der Waals surface area (Å²) in [7, 11) is 0. The van der Waals surface area contributed by atoms with Gasteiger partial charge >= 0.3 is 0 Å². The van der Waals surface area contributed by atoms with E-state index in [0.717, 1.165) is 46.7 Å². The summed E-state index contributed by atoms with van der Waals surface area (Å²) in [6.07, 6.45) is 4.81. The summed E-state index contributed by atoms with van der Waals surface area (Å²) in [6, 6.07) is 15.2. The maximum absolute atomic E-state index is 12.5. The van der Waals surface area contributed by atoms with Gasteiger partial charge in [0.1, 0.15) is 17.5 Å². The van der Waals surface area contributed by atoms with Gasteiger partial charge < -0.3 is 20.5 Å². The van der Waals surface area contributed by atoms with Crippen LogP contribution < -0.4 is 15.5 Å². The second-order valence-electron chi connectivity index (χ2n) is 8.17. The fourth-order valence-corrected chi connectivity index (χ4v) is 4.34. The lowest BCUT2D eigenvalue weighted by atomic mass is 10.2. The molecule has 0 bridgehead atoms. The smallest absolute Gasteiger partial charge is 0.257 e. The van der Waals surface area contributed by atoms with E-state index in [2.05, 4.69) is 25.5 Å². The molecule has 0 aliphatic carbocycles. The van der Waals surface area contributed by atoms with Crippen LogP contribution in [0.25, 0.3) is 0 Å². The number of pyridine rings is 1. The van der Waals surface area contributed by atoms with Gasteiger partial charge in [-0.05, 0) is 80.1 Å². The number of aromatic amines is 1. The number of hydrogen-bond acceptors (Lipinski definition) is 7. The summed E-state index contributed by atoms with van der Waals surface area (Å²) < 4.78 is 0. The highest BCUT2D eigenvalue weighted by molar-refractivity contribution is 7.99. The lowest BCUT2D eigenvalue weighted by Crippen LogP contribution is -2.37. The van der Waals surface area contributed by atoms with Gasteiger partial charge in [-0.3, -0.25) is 9.78 Å². The van der Waals surface area contributed by atoms with Gasteiger partial charge in [0.15, 0.2) is 5.16 Å². The van der Waals surface area contributed by atoms with Gasteiger partial charge in [0, 0.05) is 47.8 Å². The molecule has 4 heterocycles. The average Bonchev–Trinajstić information content (AvgIpc) is 3.18. The van der Waals surface area contributed by atoms with Gasteiger partial charge in [-0.15, -0.1) is 0 Å². The van der Waals surface area contributed by atoms with Gasteiger partial charge in [-0.1, -0.05) is 0 Å².